The molecular formula is C12H15N3O4. The average Bonchev–Trinajstić information content (AvgIpc) is 2.46. The lowest BCUT2D eigenvalue weighted by atomic mass is 9.97. The van der Waals surface area contributed by atoms with E-state index in [0.29, 0.717) is 0 Å². The van der Waals surface area contributed by atoms with Gasteiger partial charge in [-0.1, -0.05) is 0 Å². The van der Waals surface area contributed by atoms with Gasteiger partial charge in [0.05, 0.1) is 18.7 Å². The van der Waals surface area contributed by atoms with E-state index < -0.39 is 4.92 Å². The van der Waals surface area contributed by atoms with Crippen molar-refractivity contribution in [2.75, 3.05) is 25.1 Å². The monoisotopic (exact) mass is 265 g/mol. The van der Waals surface area contributed by atoms with Gasteiger partial charge >= 0.3 is 11.8 Å². The van der Waals surface area contributed by atoms with E-state index in [1.54, 1.807) is 6.07 Å². The molecule has 2 rings (SSSR count). The van der Waals surface area contributed by atoms with Gasteiger partial charge in [-0.15, -0.1) is 0 Å². The number of pyridine rings is 1. The standard InChI is InChI=1S/C12H15N3O4/c1-19-12(16)9-4-6-14(7-5-9)10-2-3-11(13-8-10)15(17)18/h2-3,8-9H,4-7H2,1H3. The number of carbonyl (C=O) groups is 1. The summed E-state index contributed by atoms with van der Waals surface area (Å²) in [6, 6.07) is 3.07. The van der Waals surface area contributed by atoms with Crippen LogP contribution in [0.4, 0.5) is 11.5 Å². The second-order valence-electron chi connectivity index (χ2n) is 4.42. The van der Waals surface area contributed by atoms with Crippen molar-refractivity contribution < 1.29 is 14.5 Å². The number of anilines is 1. The topological polar surface area (TPSA) is 85.6 Å². The summed E-state index contributed by atoms with van der Waals surface area (Å²) in [5.41, 5.74) is 0.842. The zero-order valence-electron chi connectivity index (χ0n) is 10.6. The summed E-state index contributed by atoms with van der Waals surface area (Å²) in [4.78, 5) is 27.3. The number of hydrogen-bond acceptors (Lipinski definition) is 6. The Kier molecular flexibility index (Phi) is 3.94. The number of piperidine rings is 1. The number of ether oxygens (including phenoxy) is 1. The molecule has 0 unspecified atom stereocenters. The Hall–Kier alpha value is -2.18. The lowest BCUT2D eigenvalue weighted by Gasteiger charge is -2.31. The fourth-order valence-electron chi connectivity index (χ4n) is 2.21. The summed E-state index contributed by atoms with van der Waals surface area (Å²) in [7, 11) is 1.40. The fourth-order valence-corrected chi connectivity index (χ4v) is 2.21. The molecule has 2 heterocycles. The Morgan fingerprint density at radius 2 is 2.16 bits per heavy atom. The van der Waals surface area contributed by atoms with Crippen LogP contribution in [0.15, 0.2) is 18.3 Å². The summed E-state index contributed by atoms with van der Waals surface area (Å²) < 4.78 is 4.73. The second-order valence-corrected chi connectivity index (χ2v) is 4.42. The highest BCUT2D eigenvalue weighted by Crippen LogP contribution is 2.24. The molecule has 0 bridgehead atoms. The maximum absolute atomic E-state index is 11.4. The molecule has 0 saturated carbocycles. The summed E-state index contributed by atoms with van der Waals surface area (Å²) in [6.07, 6.45) is 2.95. The highest BCUT2D eigenvalue weighted by molar-refractivity contribution is 5.72. The number of aromatic nitrogens is 1. The molecule has 0 aliphatic carbocycles. The van der Waals surface area contributed by atoms with Crippen LogP contribution in [0.5, 0.6) is 0 Å². The van der Waals surface area contributed by atoms with Gasteiger partial charge in [0.25, 0.3) is 0 Å². The van der Waals surface area contributed by atoms with Crippen molar-refractivity contribution >= 4 is 17.5 Å². The minimum absolute atomic E-state index is 0.0488. The van der Waals surface area contributed by atoms with E-state index in [1.165, 1.54) is 19.4 Å². The quantitative estimate of drug-likeness (QED) is 0.466. The Labute approximate surface area is 110 Å². The highest BCUT2D eigenvalue weighted by Gasteiger charge is 2.26. The van der Waals surface area contributed by atoms with Crippen LogP contribution in [0.25, 0.3) is 0 Å². The normalized spacial score (nSPS) is 16.2. The molecule has 0 spiro atoms. The van der Waals surface area contributed by atoms with E-state index in [-0.39, 0.29) is 17.7 Å². The van der Waals surface area contributed by atoms with Gasteiger partial charge in [0.1, 0.15) is 0 Å². The molecule has 1 aromatic rings. The number of nitro groups is 1. The number of esters is 1. The molecule has 0 atom stereocenters. The Bertz CT molecular complexity index is 466. The number of hydrogen-bond donors (Lipinski definition) is 0. The predicted molar refractivity (Wildman–Crippen MR) is 67.8 cm³/mol. The first-order valence-corrected chi connectivity index (χ1v) is 6.05. The maximum atomic E-state index is 11.4. The molecule has 7 nitrogen and oxygen atoms in total. The zero-order chi connectivity index (χ0) is 13.8. The SMILES string of the molecule is COC(=O)C1CCN(c2ccc([N+](=O)[O-])nc2)CC1. The smallest absolute Gasteiger partial charge is 0.363 e. The van der Waals surface area contributed by atoms with Gasteiger partial charge in [0, 0.05) is 19.2 Å². The Morgan fingerprint density at radius 3 is 2.63 bits per heavy atom. The number of carbonyl (C=O) groups excluding carboxylic acids is 1. The number of rotatable bonds is 3. The molecule has 7 heteroatoms. The fraction of sp³-hybridized carbons (Fsp3) is 0.500. The van der Waals surface area contributed by atoms with Gasteiger partial charge in [-0.2, -0.15) is 0 Å². The Balaban J connectivity index is 1.97. The molecule has 0 N–H and O–H groups in total. The Morgan fingerprint density at radius 1 is 1.47 bits per heavy atom. The van der Waals surface area contributed by atoms with Crippen LogP contribution in [0.1, 0.15) is 12.8 Å². The zero-order valence-corrected chi connectivity index (χ0v) is 10.6. The van der Waals surface area contributed by atoms with E-state index >= 15 is 0 Å². The van der Waals surface area contributed by atoms with Crippen molar-refractivity contribution in [1.82, 2.24) is 4.98 Å². The summed E-state index contributed by atoms with van der Waals surface area (Å²) in [5.74, 6) is -0.373. The average molecular weight is 265 g/mol. The van der Waals surface area contributed by atoms with E-state index in [4.69, 9.17) is 4.74 Å². The van der Waals surface area contributed by atoms with Crippen molar-refractivity contribution in [2.24, 2.45) is 5.92 Å². The van der Waals surface area contributed by atoms with Crippen molar-refractivity contribution in [3.63, 3.8) is 0 Å². The van der Waals surface area contributed by atoms with E-state index in [1.807, 2.05) is 0 Å². The van der Waals surface area contributed by atoms with Crippen LogP contribution in [0.3, 0.4) is 0 Å². The van der Waals surface area contributed by atoms with Crippen molar-refractivity contribution in [2.45, 2.75) is 12.8 Å². The predicted octanol–water partition coefficient (Wildman–Crippen LogP) is 1.38. The van der Waals surface area contributed by atoms with Crippen LogP contribution in [-0.2, 0) is 9.53 Å². The molecule has 1 aromatic heterocycles. The van der Waals surface area contributed by atoms with Crippen molar-refractivity contribution in [1.29, 1.82) is 0 Å². The first-order chi connectivity index (χ1) is 9.11. The van der Waals surface area contributed by atoms with Crippen LogP contribution in [-0.4, -0.2) is 36.1 Å². The molecule has 19 heavy (non-hydrogen) atoms. The van der Waals surface area contributed by atoms with Gasteiger partial charge in [0.2, 0.25) is 0 Å². The maximum Gasteiger partial charge on any atom is 0.363 e. The molecule has 0 amide bonds. The highest BCUT2D eigenvalue weighted by atomic mass is 16.6. The minimum atomic E-state index is -0.521. The molecule has 1 aliphatic rings. The number of nitrogens with zero attached hydrogens (tertiary/aromatic N) is 3. The molecule has 1 aliphatic heterocycles. The minimum Gasteiger partial charge on any atom is -0.469 e. The number of methoxy groups -OCH3 is 1. The largest absolute Gasteiger partial charge is 0.469 e. The molecule has 1 saturated heterocycles. The van der Waals surface area contributed by atoms with Crippen LogP contribution >= 0.6 is 0 Å². The lowest BCUT2D eigenvalue weighted by molar-refractivity contribution is -0.389. The first kappa shape index (κ1) is 13.3. The molecule has 1 fully saturated rings. The van der Waals surface area contributed by atoms with E-state index in [9.17, 15) is 14.9 Å². The third-order valence-electron chi connectivity index (χ3n) is 3.31. The van der Waals surface area contributed by atoms with E-state index in [0.717, 1.165) is 31.6 Å². The summed E-state index contributed by atoms with van der Waals surface area (Å²) >= 11 is 0. The van der Waals surface area contributed by atoms with Gasteiger partial charge in [-0.3, -0.25) is 4.79 Å². The van der Waals surface area contributed by atoms with Crippen LogP contribution in [0.2, 0.25) is 0 Å². The van der Waals surface area contributed by atoms with Gasteiger partial charge in [0.15, 0.2) is 6.20 Å². The van der Waals surface area contributed by atoms with E-state index in [2.05, 4.69) is 9.88 Å². The van der Waals surface area contributed by atoms with Crippen LogP contribution in [0, 0.1) is 16.0 Å². The second kappa shape index (κ2) is 5.64. The third-order valence-corrected chi connectivity index (χ3v) is 3.31. The molecule has 0 radical (unpaired) electrons. The van der Waals surface area contributed by atoms with Crippen molar-refractivity contribution in [3.05, 3.63) is 28.4 Å². The molecule has 102 valence electrons. The van der Waals surface area contributed by atoms with Gasteiger partial charge in [-0.05, 0) is 28.8 Å². The summed E-state index contributed by atoms with van der Waals surface area (Å²) in [5, 5.41) is 10.5. The third kappa shape index (κ3) is 2.98. The van der Waals surface area contributed by atoms with Crippen molar-refractivity contribution in [3.8, 4) is 0 Å². The lowest BCUT2D eigenvalue weighted by Crippen LogP contribution is -2.36. The van der Waals surface area contributed by atoms with Crippen LogP contribution < -0.4 is 4.90 Å². The first-order valence-electron chi connectivity index (χ1n) is 6.05. The van der Waals surface area contributed by atoms with Gasteiger partial charge < -0.3 is 19.8 Å². The van der Waals surface area contributed by atoms with Gasteiger partial charge in [-0.25, -0.2) is 0 Å². The molecule has 0 aromatic carbocycles. The molecular weight excluding hydrogens is 250 g/mol. The summed E-state index contributed by atoms with van der Waals surface area (Å²) in [6.45, 7) is 1.44.